The molecule has 0 saturated carbocycles. The lowest BCUT2D eigenvalue weighted by molar-refractivity contribution is 0.551. The van der Waals surface area contributed by atoms with Crippen molar-refractivity contribution in [2.45, 2.75) is 33.2 Å². The van der Waals surface area contributed by atoms with Gasteiger partial charge < -0.3 is 5.32 Å². The van der Waals surface area contributed by atoms with E-state index in [1.54, 1.807) is 11.3 Å². The highest BCUT2D eigenvalue weighted by molar-refractivity contribution is 7.09. The number of thiazole rings is 1. The molecule has 1 N–H and O–H groups in total. The quantitative estimate of drug-likeness (QED) is 0.899. The first-order chi connectivity index (χ1) is 8.69. The molecule has 2 rings (SSSR count). The maximum atomic E-state index is 4.44. The number of rotatable bonds is 5. The van der Waals surface area contributed by atoms with Gasteiger partial charge in [0.05, 0.1) is 5.51 Å². The molecule has 0 amide bonds. The molecule has 96 valence electrons. The highest BCUT2D eigenvalue weighted by atomic mass is 32.1. The van der Waals surface area contributed by atoms with E-state index in [-0.39, 0.29) is 0 Å². The van der Waals surface area contributed by atoms with E-state index in [4.69, 9.17) is 0 Å². The van der Waals surface area contributed by atoms with Crippen LogP contribution in [0.5, 0.6) is 0 Å². The smallest absolute Gasteiger partial charge is 0.0794 e. The number of nitrogens with zero attached hydrogens (tertiary/aromatic N) is 2. The zero-order valence-corrected chi connectivity index (χ0v) is 11.9. The molecule has 3 nitrogen and oxygen atoms in total. The summed E-state index contributed by atoms with van der Waals surface area (Å²) >= 11 is 1.71. The van der Waals surface area contributed by atoms with Crippen LogP contribution in [0.15, 0.2) is 23.8 Å². The van der Waals surface area contributed by atoms with E-state index < -0.39 is 0 Å². The summed E-state index contributed by atoms with van der Waals surface area (Å²) in [6, 6.07) is 4.68. The summed E-state index contributed by atoms with van der Waals surface area (Å²) in [5.41, 5.74) is 5.37. The highest BCUT2D eigenvalue weighted by Gasteiger charge is 2.13. The lowest BCUT2D eigenvalue weighted by Crippen LogP contribution is -2.23. The average Bonchev–Trinajstić information content (AvgIpc) is 2.80. The third-order valence-corrected chi connectivity index (χ3v) is 3.65. The second-order valence-corrected chi connectivity index (χ2v) is 5.44. The Bertz CT molecular complexity index is 473. The largest absolute Gasteiger partial charge is 0.310 e. The van der Waals surface area contributed by atoms with Crippen molar-refractivity contribution < 1.29 is 0 Å². The van der Waals surface area contributed by atoms with Crippen molar-refractivity contribution in [1.29, 1.82) is 0 Å². The minimum atomic E-state index is 0.343. The van der Waals surface area contributed by atoms with Gasteiger partial charge in [-0.1, -0.05) is 6.92 Å². The lowest BCUT2D eigenvalue weighted by Gasteiger charge is -2.18. The van der Waals surface area contributed by atoms with Crippen molar-refractivity contribution in [2.24, 2.45) is 0 Å². The monoisotopic (exact) mass is 261 g/mol. The Balaban J connectivity index is 2.23. The summed E-state index contributed by atoms with van der Waals surface area (Å²) in [6.07, 6.45) is 2.94. The number of aromatic nitrogens is 2. The van der Waals surface area contributed by atoms with Crippen LogP contribution in [0, 0.1) is 13.8 Å². The first kappa shape index (κ1) is 13.2. The molecule has 2 aromatic heterocycles. The maximum Gasteiger partial charge on any atom is 0.0794 e. The molecule has 0 aromatic carbocycles. The van der Waals surface area contributed by atoms with Crippen LogP contribution in [0.1, 0.15) is 34.8 Å². The molecule has 0 fully saturated rings. The SMILES string of the molecule is CCNC(Cc1cncs1)c1cc(C)nc(C)c1. The van der Waals surface area contributed by atoms with E-state index in [1.807, 2.05) is 25.6 Å². The molecule has 0 radical (unpaired) electrons. The highest BCUT2D eigenvalue weighted by Crippen LogP contribution is 2.21. The van der Waals surface area contributed by atoms with Crippen LogP contribution in [0.4, 0.5) is 0 Å². The summed E-state index contributed by atoms with van der Waals surface area (Å²) in [5, 5.41) is 3.54. The number of aryl methyl sites for hydroxylation is 2. The van der Waals surface area contributed by atoms with Crippen LogP contribution in [-0.2, 0) is 6.42 Å². The fourth-order valence-electron chi connectivity index (χ4n) is 2.17. The van der Waals surface area contributed by atoms with Gasteiger partial charge in [0.2, 0.25) is 0 Å². The molecule has 2 aromatic rings. The summed E-state index contributed by atoms with van der Waals surface area (Å²) < 4.78 is 0. The van der Waals surface area contributed by atoms with Crippen molar-refractivity contribution in [1.82, 2.24) is 15.3 Å². The lowest BCUT2D eigenvalue weighted by atomic mass is 10.0. The van der Waals surface area contributed by atoms with E-state index in [9.17, 15) is 0 Å². The second-order valence-electron chi connectivity index (χ2n) is 4.47. The van der Waals surface area contributed by atoms with Gasteiger partial charge in [-0.3, -0.25) is 9.97 Å². The van der Waals surface area contributed by atoms with Crippen LogP contribution < -0.4 is 5.32 Å². The number of likely N-dealkylation sites (N-methyl/N-ethyl adjacent to an activating group) is 1. The fourth-order valence-corrected chi connectivity index (χ4v) is 2.81. The molecule has 0 spiro atoms. The van der Waals surface area contributed by atoms with E-state index >= 15 is 0 Å². The Morgan fingerprint density at radius 3 is 2.56 bits per heavy atom. The van der Waals surface area contributed by atoms with Crippen LogP contribution in [0.2, 0.25) is 0 Å². The van der Waals surface area contributed by atoms with Gasteiger partial charge in [0, 0.05) is 34.9 Å². The van der Waals surface area contributed by atoms with Crippen molar-refractivity contribution in [3.8, 4) is 0 Å². The fraction of sp³-hybridized carbons (Fsp3) is 0.429. The second kappa shape index (κ2) is 6.07. The zero-order chi connectivity index (χ0) is 13.0. The van der Waals surface area contributed by atoms with Gasteiger partial charge in [-0.15, -0.1) is 11.3 Å². The summed E-state index contributed by atoms with van der Waals surface area (Å²) in [6.45, 7) is 7.20. The van der Waals surface area contributed by atoms with E-state index in [0.717, 1.165) is 24.4 Å². The molecular weight excluding hydrogens is 242 g/mol. The molecule has 0 saturated heterocycles. The zero-order valence-electron chi connectivity index (χ0n) is 11.1. The van der Waals surface area contributed by atoms with Crippen molar-refractivity contribution in [3.63, 3.8) is 0 Å². The number of pyridine rings is 1. The molecule has 0 aliphatic heterocycles. The normalized spacial score (nSPS) is 12.6. The summed E-state index contributed by atoms with van der Waals surface area (Å²) in [5.74, 6) is 0. The molecule has 0 aliphatic carbocycles. The minimum Gasteiger partial charge on any atom is -0.310 e. The molecule has 0 aliphatic rings. The number of nitrogens with one attached hydrogen (secondary N) is 1. The molecule has 2 heterocycles. The topological polar surface area (TPSA) is 37.8 Å². The predicted octanol–water partition coefficient (Wildman–Crippen LogP) is 3.05. The Labute approximate surface area is 112 Å². The van der Waals surface area contributed by atoms with Crippen LogP contribution >= 0.6 is 11.3 Å². The Morgan fingerprint density at radius 2 is 2.00 bits per heavy atom. The third kappa shape index (κ3) is 3.37. The van der Waals surface area contributed by atoms with Gasteiger partial charge in [0.1, 0.15) is 0 Å². The van der Waals surface area contributed by atoms with Gasteiger partial charge in [-0.25, -0.2) is 0 Å². The Morgan fingerprint density at radius 1 is 1.28 bits per heavy atom. The first-order valence-electron chi connectivity index (χ1n) is 6.25. The molecule has 4 heteroatoms. The molecule has 1 atom stereocenters. The molecule has 0 bridgehead atoms. The molecular formula is C14H19N3S. The van der Waals surface area contributed by atoms with Gasteiger partial charge in [-0.2, -0.15) is 0 Å². The van der Waals surface area contributed by atoms with Gasteiger partial charge in [0.25, 0.3) is 0 Å². The van der Waals surface area contributed by atoms with Gasteiger partial charge >= 0.3 is 0 Å². The predicted molar refractivity (Wildman–Crippen MR) is 75.9 cm³/mol. The van der Waals surface area contributed by atoms with E-state index in [1.165, 1.54) is 10.4 Å². The van der Waals surface area contributed by atoms with E-state index in [0.29, 0.717) is 6.04 Å². The minimum absolute atomic E-state index is 0.343. The van der Waals surface area contributed by atoms with Crippen molar-refractivity contribution >= 4 is 11.3 Å². The maximum absolute atomic E-state index is 4.44. The third-order valence-electron chi connectivity index (χ3n) is 2.85. The molecule has 1 unspecified atom stereocenters. The summed E-state index contributed by atoms with van der Waals surface area (Å²) in [4.78, 5) is 9.89. The van der Waals surface area contributed by atoms with Crippen LogP contribution in [0.3, 0.4) is 0 Å². The first-order valence-corrected chi connectivity index (χ1v) is 7.13. The Hall–Kier alpha value is -1.26. The standard InChI is InChI=1S/C14H19N3S/c1-4-16-14(7-13-8-15-9-18-13)12-5-10(2)17-11(3)6-12/h5-6,8-9,14,16H,4,7H2,1-3H3. The number of hydrogen-bond acceptors (Lipinski definition) is 4. The Kier molecular flexibility index (Phi) is 4.44. The number of hydrogen-bond donors (Lipinski definition) is 1. The van der Waals surface area contributed by atoms with Crippen molar-refractivity contribution in [3.05, 3.63) is 45.7 Å². The average molecular weight is 261 g/mol. The van der Waals surface area contributed by atoms with E-state index in [2.05, 4.69) is 34.3 Å². The van der Waals surface area contributed by atoms with Crippen LogP contribution in [0.25, 0.3) is 0 Å². The van der Waals surface area contributed by atoms with Gasteiger partial charge in [0.15, 0.2) is 0 Å². The summed E-state index contributed by atoms with van der Waals surface area (Å²) in [7, 11) is 0. The van der Waals surface area contributed by atoms with Crippen molar-refractivity contribution in [2.75, 3.05) is 6.54 Å². The van der Waals surface area contributed by atoms with Crippen LogP contribution in [-0.4, -0.2) is 16.5 Å². The van der Waals surface area contributed by atoms with Gasteiger partial charge in [-0.05, 0) is 38.1 Å². The molecule has 18 heavy (non-hydrogen) atoms.